The van der Waals surface area contributed by atoms with Gasteiger partial charge in [0.2, 0.25) is 0 Å². The Bertz CT molecular complexity index is 35.0. The Morgan fingerprint density at radius 3 is 1.14 bits per heavy atom. The van der Waals surface area contributed by atoms with Crippen LogP contribution in [0, 0.1) is 0 Å². The first-order valence-electron chi connectivity index (χ1n) is 0.943. The summed E-state index contributed by atoms with van der Waals surface area (Å²) in [7, 11) is 0. The van der Waals surface area contributed by atoms with Gasteiger partial charge < -0.3 is 21.2 Å². The second-order valence-corrected chi connectivity index (χ2v) is 0.192. The van der Waals surface area contributed by atoms with E-state index in [4.69, 9.17) is 19.8 Å². The summed E-state index contributed by atoms with van der Waals surface area (Å²) in [6.07, 6.45) is 0. The van der Waals surface area contributed by atoms with Gasteiger partial charge in [0.05, 0.1) is 0 Å². The number of rotatable bonds is 0. The van der Waals surface area contributed by atoms with E-state index in [1.165, 1.54) is 0 Å². The maximum absolute atomic E-state index is 8.25. The zero-order valence-corrected chi connectivity index (χ0v) is 6.91. The molecule has 0 aromatic heterocycles. The monoisotopic (exact) mass is 130 g/mol. The van der Waals surface area contributed by atoms with E-state index < -0.39 is 12.9 Å². The Hall–Kier alpha value is 0.576. The van der Waals surface area contributed by atoms with E-state index in [9.17, 15) is 0 Å². The van der Waals surface area contributed by atoms with Gasteiger partial charge in [0.15, 0.2) is 0 Å². The molecule has 0 atom stereocenters. The molecule has 0 spiro atoms. The average Bonchev–Trinajstić information content (AvgIpc) is 1.39. The fourth-order valence-electron chi connectivity index (χ4n) is 0. The molecular formula is C2H3KO4-2. The number of hydrogen-bond donors (Lipinski definition) is 0. The van der Waals surface area contributed by atoms with Crippen LogP contribution in [0.5, 0.6) is 0 Å². The van der Waals surface area contributed by atoms with Crippen LogP contribution >= 0.6 is 0 Å². The molecule has 0 aromatic carbocycles. The molecule has 0 bridgehead atoms. The van der Waals surface area contributed by atoms with Crippen LogP contribution in [0.2, 0.25) is 0 Å². The smallest absolute Gasteiger partial charge is 1.00 e. The summed E-state index contributed by atoms with van der Waals surface area (Å²) in [5, 5.41) is 16.5. The fraction of sp³-hybridized carbons (Fsp3) is 0. The summed E-state index contributed by atoms with van der Waals surface area (Å²) < 4.78 is 0. The number of hydrogen-bond acceptors (Lipinski definition) is 4. The topological polar surface area (TPSA) is 80.3 Å². The summed E-state index contributed by atoms with van der Waals surface area (Å²) in [4.78, 5) is 16.5. The SMILES string of the molecule is O=C[O-].O=C[O-].[H-].[K+]. The Kier molecular flexibility index (Phi) is 68.9. The van der Waals surface area contributed by atoms with Crippen molar-refractivity contribution in [2.45, 2.75) is 0 Å². The molecule has 0 saturated heterocycles. The quantitative estimate of drug-likeness (QED) is 0.241. The predicted molar refractivity (Wildman–Crippen MR) is 13.2 cm³/mol. The van der Waals surface area contributed by atoms with Gasteiger partial charge in [-0.25, -0.2) is 0 Å². The molecule has 38 valence electrons. The molecule has 0 radical (unpaired) electrons. The summed E-state index contributed by atoms with van der Waals surface area (Å²) in [5.74, 6) is 0. The minimum absolute atomic E-state index is 0. The molecule has 0 aliphatic heterocycles. The molecule has 0 rings (SSSR count). The zero-order chi connectivity index (χ0) is 5.41. The minimum atomic E-state index is -0.500. The van der Waals surface area contributed by atoms with E-state index in [0.29, 0.717) is 0 Å². The van der Waals surface area contributed by atoms with Crippen LogP contribution in [-0.2, 0) is 9.59 Å². The zero-order valence-electron chi connectivity index (χ0n) is 4.79. The van der Waals surface area contributed by atoms with Gasteiger partial charge in [0, 0.05) is 12.9 Å². The first-order chi connectivity index (χ1) is 2.83. The normalized spacial score (nSPS) is 3.43. The maximum Gasteiger partial charge on any atom is 1.00 e. The number of carbonyl (C=O) groups excluding carboxylic acids is 2. The van der Waals surface area contributed by atoms with Crippen molar-refractivity contribution in [3.63, 3.8) is 0 Å². The Balaban J connectivity index is -0.0000000160. The van der Waals surface area contributed by atoms with Crippen LogP contribution in [0.4, 0.5) is 0 Å². The Morgan fingerprint density at radius 1 is 1.14 bits per heavy atom. The van der Waals surface area contributed by atoms with Crippen molar-refractivity contribution in [3.8, 4) is 0 Å². The molecular weight excluding hydrogens is 127 g/mol. The van der Waals surface area contributed by atoms with Crippen LogP contribution in [0.3, 0.4) is 0 Å². The molecule has 4 nitrogen and oxygen atoms in total. The molecule has 0 aliphatic carbocycles. The van der Waals surface area contributed by atoms with E-state index in [2.05, 4.69) is 0 Å². The summed E-state index contributed by atoms with van der Waals surface area (Å²) in [6.45, 7) is -1.00. The van der Waals surface area contributed by atoms with Crippen molar-refractivity contribution < 1.29 is 72.6 Å². The van der Waals surface area contributed by atoms with Crippen LogP contribution < -0.4 is 61.6 Å². The average molecular weight is 130 g/mol. The molecule has 0 fully saturated rings. The third-order valence-electron chi connectivity index (χ3n) is 0. The molecule has 0 amide bonds. The number of carboxylic acid groups (broad SMARTS) is 2. The summed E-state index contributed by atoms with van der Waals surface area (Å²) >= 11 is 0. The molecule has 0 N–H and O–H groups in total. The summed E-state index contributed by atoms with van der Waals surface area (Å²) in [5.41, 5.74) is 0. The molecule has 0 aliphatic rings. The van der Waals surface area contributed by atoms with Crippen molar-refractivity contribution in [2.75, 3.05) is 0 Å². The summed E-state index contributed by atoms with van der Waals surface area (Å²) in [6, 6.07) is 0. The van der Waals surface area contributed by atoms with Crippen LogP contribution in [0.15, 0.2) is 0 Å². The molecule has 0 unspecified atom stereocenters. The van der Waals surface area contributed by atoms with E-state index in [0.717, 1.165) is 0 Å². The Morgan fingerprint density at radius 2 is 1.14 bits per heavy atom. The molecule has 0 heterocycles. The second kappa shape index (κ2) is 30.8. The predicted octanol–water partition coefficient (Wildman–Crippen LogP) is -6.15. The Labute approximate surface area is 84.4 Å². The van der Waals surface area contributed by atoms with Gasteiger partial charge in [0.25, 0.3) is 0 Å². The van der Waals surface area contributed by atoms with Crippen molar-refractivity contribution in [1.29, 1.82) is 0 Å². The van der Waals surface area contributed by atoms with E-state index >= 15 is 0 Å². The van der Waals surface area contributed by atoms with Gasteiger partial charge in [-0.3, -0.25) is 0 Å². The maximum atomic E-state index is 8.25. The minimum Gasteiger partial charge on any atom is -1.00 e. The van der Waals surface area contributed by atoms with Crippen molar-refractivity contribution in [1.82, 2.24) is 0 Å². The first-order valence-corrected chi connectivity index (χ1v) is 0.943. The van der Waals surface area contributed by atoms with Gasteiger partial charge >= 0.3 is 51.4 Å². The van der Waals surface area contributed by atoms with Gasteiger partial charge in [-0.1, -0.05) is 0 Å². The van der Waals surface area contributed by atoms with Crippen LogP contribution in [0.25, 0.3) is 0 Å². The largest absolute Gasteiger partial charge is 1.00 e. The molecule has 7 heavy (non-hydrogen) atoms. The fourth-order valence-corrected chi connectivity index (χ4v) is 0. The van der Waals surface area contributed by atoms with Crippen molar-refractivity contribution >= 4 is 12.9 Å². The van der Waals surface area contributed by atoms with Crippen LogP contribution in [-0.4, -0.2) is 12.9 Å². The molecule has 0 saturated carbocycles. The van der Waals surface area contributed by atoms with Crippen molar-refractivity contribution in [2.24, 2.45) is 0 Å². The van der Waals surface area contributed by atoms with Gasteiger partial charge in [-0.2, -0.15) is 0 Å². The third kappa shape index (κ3) is 415. The first kappa shape index (κ1) is 15.6. The van der Waals surface area contributed by atoms with E-state index in [1.807, 2.05) is 0 Å². The van der Waals surface area contributed by atoms with Gasteiger partial charge in [0.1, 0.15) is 0 Å². The van der Waals surface area contributed by atoms with E-state index in [-0.39, 0.29) is 52.8 Å². The standard InChI is InChI=1S/2CH2O2.K.H/c2*2-1-3;;/h2*1H,(H,2,3);;/q;;+1;-1/p-2. The molecule has 0 aromatic rings. The van der Waals surface area contributed by atoms with E-state index in [1.54, 1.807) is 0 Å². The van der Waals surface area contributed by atoms with Crippen molar-refractivity contribution in [3.05, 3.63) is 0 Å². The van der Waals surface area contributed by atoms with Crippen LogP contribution in [0.1, 0.15) is 1.43 Å². The second-order valence-electron chi connectivity index (χ2n) is 0.192. The number of carbonyl (C=O) groups is 2. The molecule has 5 heteroatoms. The van der Waals surface area contributed by atoms with Gasteiger partial charge in [-0.15, -0.1) is 0 Å². The third-order valence-corrected chi connectivity index (χ3v) is 0. The van der Waals surface area contributed by atoms with Gasteiger partial charge in [-0.05, 0) is 0 Å².